The van der Waals surface area contributed by atoms with E-state index in [0.717, 1.165) is 23.8 Å². The lowest BCUT2D eigenvalue weighted by Gasteiger charge is -2.30. The van der Waals surface area contributed by atoms with E-state index < -0.39 is 0 Å². The van der Waals surface area contributed by atoms with Crippen LogP contribution in [0.3, 0.4) is 0 Å². The van der Waals surface area contributed by atoms with Gasteiger partial charge in [-0.2, -0.15) is 0 Å². The van der Waals surface area contributed by atoms with Crippen molar-refractivity contribution in [3.63, 3.8) is 0 Å². The van der Waals surface area contributed by atoms with Gasteiger partial charge in [-0.05, 0) is 25.2 Å². The minimum atomic E-state index is 0.496. The van der Waals surface area contributed by atoms with Crippen molar-refractivity contribution in [2.75, 3.05) is 5.32 Å². The molecular weight excluding hydrogens is 238 g/mol. The van der Waals surface area contributed by atoms with Gasteiger partial charge < -0.3 is 5.32 Å². The number of aromatic nitrogens is 4. The van der Waals surface area contributed by atoms with Crippen molar-refractivity contribution in [1.29, 1.82) is 0 Å². The number of fused-ring (bicyclic) bond motifs is 1. The SMILES string of the molecule is CCC(Nc1nccn2cnnc12)C1CCCCC1. The van der Waals surface area contributed by atoms with Crippen molar-refractivity contribution in [2.24, 2.45) is 5.92 Å². The van der Waals surface area contributed by atoms with Gasteiger partial charge in [0.05, 0.1) is 0 Å². The maximum atomic E-state index is 4.43. The molecule has 0 aliphatic heterocycles. The zero-order valence-electron chi connectivity index (χ0n) is 11.4. The molecule has 1 N–H and O–H groups in total. The van der Waals surface area contributed by atoms with Crippen LogP contribution in [0.4, 0.5) is 5.82 Å². The molecule has 2 aromatic rings. The van der Waals surface area contributed by atoms with Crippen LogP contribution >= 0.6 is 0 Å². The average molecular weight is 259 g/mol. The number of hydrogen-bond donors (Lipinski definition) is 1. The lowest BCUT2D eigenvalue weighted by molar-refractivity contribution is 0.312. The summed E-state index contributed by atoms with van der Waals surface area (Å²) >= 11 is 0. The van der Waals surface area contributed by atoms with Crippen molar-refractivity contribution >= 4 is 11.5 Å². The smallest absolute Gasteiger partial charge is 0.203 e. The Morgan fingerprint density at radius 1 is 1.37 bits per heavy atom. The normalized spacial score (nSPS) is 18.6. The fourth-order valence-electron chi connectivity index (χ4n) is 3.13. The quantitative estimate of drug-likeness (QED) is 0.917. The summed E-state index contributed by atoms with van der Waals surface area (Å²) < 4.78 is 1.91. The molecule has 1 aliphatic carbocycles. The molecule has 0 saturated heterocycles. The molecule has 0 amide bonds. The molecule has 0 spiro atoms. The van der Waals surface area contributed by atoms with Gasteiger partial charge in [0, 0.05) is 18.4 Å². The number of rotatable bonds is 4. The van der Waals surface area contributed by atoms with Crippen LogP contribution in [0.2, 0.25) is 0 Å². The minimum absolute atomic E-state index is 0.496. The topological polar surface area (TPSA) is 55.1 Å². The van der Waals surface area contributed by atoms with E-state index in [2.05, 4.69) is 27.4 Å². The highest BCUT2D eigenvalue weighted by molar-refractivity contribution is 5.61. The molecule has 1 aliphatic rings. The summed E-state index contributed by atoms with van der Waals surface area (Å²) in [6.07, 6.45) is 13.3. The van der Waals surface area contributed by atoms with E-state index in [0.29, 0.717) is 6.04 Å². The van der Waals surface area contributed by atoms with Crippen LogP contribution in [0.15, 0.2) is 18.7 Å². The van der Waals surface area contributed by atoms with Gasteiger partial charge in [-0.1, -0.05) is 26.2 Å². The van der Waals surface area contributed by atoms with Crippen molar-refractivity contribution in [1.82, 2.24) is 19.6 Å². The van der Waals surface area contributed by atoms with Crippen LogP contribution in [0.5, 0.6) is 0 Å². The monoisotopic (exact) mass is 259 g/mol. The Labute approximate surface area is 113 Å². The fraction of sp³-hybridized carbons (Fsp3) is 0.643. The van der Waals surface area contributed by atoms with Gasteiger partial charge in [0.25, 0.3) is 0 Å². The Morgan fingerprint density at radius 2 is 2.21 bits per heavy atom. The van der Waals surface area contributed by atoms with E-state index in [4.69, 9.17) is 0 Å². The van der Waals surface area contributed by atoms with E-state index in [1.807, 2.05) is 10.6 Å². The first-order chi connectivity index (χ1) is 9.38. The fourth-order valence-corrected chi connectivity index (χ4v) is 3.13. The molecule has 1 saturated carbocycles. The van der Waals surface area contributed by atoms with Crippen molar-refractivity contribution in [3.8, 4) is 0 Å². The largest absolute Gasteiger partial charge is 0.364 e. The predicted octanol–water partition coefficient (Wildman–Crippen LogP) is 2.90. The first-order valence-electron chi connectivity index (χ1n) is 7.29. The van der Waals surface area contributed by atoms with Crippen LogP contribution in [0.25, 0.3) is 5.65 Å². The lowest BCUT2D eigenvalue weighted by atomic mass is 9.83. The Balaban J connectivity index is 1.79. The molecular formula is C14H21N5. The first-order valence-corrected chi connectivity index (χ1v) is 7.29. The maximum Gasteiger partial charge on any atom is 0.203 e. The van der Waals surface area contributed by atoms with Crippen LogP contribution in [0, 0.1) is 5.92 Å². The van der Waals surface area contributed by atoms with Gasteiger partial charge in [-0.15, -0.1) is 10.2 Å². The highest BCUT2D eigenvalue weighted by Crippen LogP contribution is 2.29. The average Bonchev–Trinajstić information content (AvgIpc) is 2.95. The molecule has 5 nitrogen and oxygen atoms in total. The lowest BCUT2D eigenvalue weighted by Crippen LogP contribution is -2.30. The Kier molecular flexibility index (Phi) is 3.62. The van der Waals surface area contributed by atoms with Crippen LogP contribution in [-0.2, 0) is 0 Å². The molecule has 102 valence electrons. The second kappa shape index (κ2) is 5.55. The molecule has 0 radical (unpaired) electrons. The third-order valence-corrected chi connectivity index (χ3v) is 4.20. The molecule has 5 heteroatoms. The highest BCUT2D eigenvalue weighted by Gasteiger charge is 2.23. The van der Waals surface area contributed by atoms with Gasteiger partial charge in [-0.3, -0.25) is 4.40 Å². The minimum Gasteiger partial charge on any atom is -0.364 e. The van der Waals surface area contributed by atoms with Gasteiger partial charge in [-0.25, -0.2) is 4.98 Å². The van der Waals surface area contributed by atoms with Gasteiger partial charge in [0.2, 0.25) is 5.65 Å². The molecule has 2 heterocycles. The second-order valence-corrected chi connectivity index (χ2v) is 5.39. The summed E-state index contributed by atoms with van der Waals surface area (Å²) in [5.74, 6) is 1.63. The molecule has 19 heavy (non-hydrogen) atoms. The number of nitrogens with zero attached hydrogens (tertiary/aromatic N) is 4. The summed E-state index contributed by atoms with van der Waals surface area (Å²) in [6, 6.07) is 0.496. The summed E-state index contributed by atoms with van der Waals surface area (Å²) in [5, 5.41) is 11.7. The Bertz CT molecular complexity index is 529. The van der Waals surface area contributed by atoms with Gasteiger partial charge in [0.1, 0.15) is 6.33 Å². The zero-order valence-corrected chi connectivity index (χ0v) is 11.4. The summed E-state index contributed by atoms with van der Waals surface area (Å²) in [5.41, 5.74) is 0.816. The number of hydrogen-bond acceptors (Lipinski definition) is 4. The number of anilines is 1. The van der Waals surface area contributed by atoms with E-state index in [-0.39, 0.29) is 0 Å². The molecule has 1 atom stereocenters. The molecule has 2 aromatic heterocycles. The van der Waals surface area contributed by atoms with E-state index in [1.165, 1.54) is 32.1 Å². The van der Waals surface area contributed by atoms with E-state index in [1.54, 1.807) is 12.5 Å². The van der Waals surface area contributed by atoms with Gasteiger partial charge >= 0.3 is 0 Å². The summed E-state index contributed by atoms with van der Waals surface area (Å²) in [6.45, 7) is 2.25. The Morgan fingerprint density at radius 3 is 3.00 bits per heavy atom. The molecule has 1 fully saturated rings. The maximum absolute atomic E-state index is 4.43. The highest BCUT2D eigenvalue weighted by atomic mass is 15.2. The zero-order chi connectivity index (χ0) is 13.1. The van der Waals surface area contributed by atoms with Crippen molar-refractivity contribution in [3.05, 3.63) is 18.7 Å². The van der Waals surface area contributed by atoms with Gasteiger partial charge in [0.15, 0.2) is 5.82 Å². The van der Waals surface area contributed by atoms with Crippen LogP contribution in [0.1, 0.15) is 45.4 Å². The van der Waals surface area contributed by atoms with Crippen LogP contribution < -0.4 is 5.32 Å². The second-order valence-electron chi connectivity index (χ2n) is 5.39. The third-order valence-electron chi connectivity index (χ3n) is 4.20. The van der Waals surface area contributed by atoms with E-state index in [9.17, 15) is 0 Å². The van der Waals surface area contributed by atoms with Crippen LogP contribution in [-0.4, -0.2) is 25.6 Å². The molecule has 0 bridgehead atoms. The van der Waals surface area contributed by atoms with E-state index >= 15 is 0 Å². The number of nitrogens with one attached hydrogen (secondary N) is 1. The molecule has 0 aromatic carbocycles. The van der Waals surface area contributed by atoms with Crippen molar-refractivity contribution in [2.45, 2.75) is 51.5 Å². The predicted molar refractivity (Wildman–Crippen MR) is 75.1 cm³/mol. The standard InChI is InChI=1S/C14H21N5/c1-2-12(11-6-4-3-5-7-11)17-13-14-18-16-10-19(14)9-8-15-13/h8-12H,2-7H2,1H3,(H,15,17). The molecule has 1 unspecified atom stereocenters. The Hall–Kier alpha value is -1.65. The third kappa shape index (κ3) is 2.55. The first kappa shape index (κ1) is 12.4. The van der Waals surface area contributed by atoms with Crippen molar-refractivity contribution < 1.29 is 0 Å². The summed E-state index contributed by atoms with van der Waals surface area (Å²) in [7, 11) is 0. The summed E-state index contributed by atoms with van der Waals surface area (Å²) in [4.78, 5) is 4.43. The molecule has 3 rings (SSSR count).